The van der Waals surface area contributed by atoms with E-state index < -0.39 is 6.09 Å². The molecule has 1 aromatic carbocycles. The van der Waals surface area contributed by atoms with Gasteiger partial charge in [-0.3, -0.25) is 4.90 Å². The third-order valence-corrected chi connectivity index (χ3v) is 2.43. The van der Waals surface area contributed by atoms with E-state index in [-0.39, 0.29) is 6.04 Å². The van der Waals surface area contributed by atoms with Gasteiger partial charge in [-0.15, -0.1) is 6.58 Å². The standard InChI is InChI=1S/C14H17NO2/c1-3-11-15(14(16)17)12(2)9-10-13-7-5-4-6-8-13/h3-10,12H,1,11H2,2H3,(H,16,17). The average Bonchev–Trinajstić information content (AvgIpc) is 2.34. The predicted octanol–water partition coefficient (Wildman–Crippen LogP) is 3.25. The van der Waals surface area contributed by atoms with E-state index in [0.29, 0.717) is 6.54 Å². The highest BCUT2D eigenvalue weighted by Crippen LogP contribution is 2.06. The summed E-state index contributed by atoms with van der Waals surface area (Å²) in [5.74, 6) is 0. The lowest BCUT2D eigenvalue weighted by Crippen LogP contribution is -2.36. The van der Waals surface area contributed by atoms with Gasteiger partial charge in [-0.1, -0.05) is 48.6 Å². The van der Waals surface area contributed by atoms with Crippen molar-refractivity contribution in [1.82, 2.24) is 4.90 Å². The second kappa shape index (κ2) is 6.53. The Hall–Kier alpha value is -2.03. The molecule has 0 aromatic heterocycles. The highest BCUT2D eigenvalue weighted by atomic mass is 16.4. The maximum Gasteiger partial charge on any atom is 0.408 e. The fraction of sp³-hybridized carbons (Fsp3) is 0.214. The second-order valence-electron chi connectivity index (χ2n) is 3.73. The Balaban J connectivity index is 2.69. The van der Waals surface area contributed by atoms with Gasteiger partial charge in [0.1, 0.15) is 0 Å². The van der Waals surface area contributed by atoms with Crippen LogP contribution in [-0.2, 0) is 0 Å². The van der Waals surface area contributed by atoms with Crippen LogP contribution in [0.25, 0.3) is 6.08 Å². The minimum atomic E-state index is -0.935. The van der Waals surface area contributed by atoms with Crippen LogP contribution < -0.4 is 0 Å². The van der Waals surface area contributed by atoms with Gasteiger partial charge in [0.15, 0.2) is 0 Å². The predicted molar refractivity (Wildman–Crippen MR) is 69.9 cm³/mol. The molecule has 0 aliphatic carbocycles. The van der Waals surface area contributed by atoms with Crippen LogP contribution >= 0.6 is 0 Å². The molecule has 0 bridgehead atoms. The molecule has 1 unspecified atom stereocenters. The maximum absolute atomic E-state index is 11.0. The third kappa shape index (κ3) is 4.15. The summed E-state index contributed by atoms with van der Waals surface area (Å²) in [6.45, 7) is 5.73. The molecule has 0 aliphatic heterocycles. The number of carboxylic acid groups (broad SMARTS) is 1. The van der Waals surface area contributed by atoms with E-state index in [2.05, 4.69) is 6.58 Å². The van der Waals surface area contributed by atoms with E-state index >= 15 is 0 Å². The number of nitrogens with zero attached hydrogens (tertiary/aromatic N) is 1. The zero-order chi connectivity index (χ0) is 12.7. The molecule has 1 atom stereocenters. The molecule has 0 saturated carbocycles. The van der Waals surface area contributed by atoms with Crippen molar-refractivity contribution >= 4 is 12.2 Å². The summed E-state index contributed by atoms with van der Waals surface area (Å²) in [6, 6.07) is 9.61. The molecular weight excluding hydrogens is 214 g/mol. The Morgan fingerprint density at radius 2 is 2.12 bits per heavy atom. The average molecular weight is 231 g/mol. The first-order chi connectivity index (χ1) is 8.15. The van der Waals surface area contributed by atoms with Gasteiger partial charge in [0.2, 0.25) is 0 Å². The topological polar surface area (TPSA) is 40.5 Å². The highest BCUT2D eigenvalue weighted by molar-refractivity contribution is 5.66. The summed E-state index contributed by atoms with van der Waals surface area (Å²) in [6.07, 6.45) is 4.44. The van der Waals surface area contributed by atoms with Crippen molar-refractivity contribution in [2.75, 3.05) is 6.54 Å². The van der Waals surface area contributed by atoms with Crippen LogP contribution in [0.3, 0.4) is 0 Å². The van der Waals surface area contributed by atoms with Crippen LogP contribution in [-0.4, -0.2) is 28.7 Å². The van der Waals surface area contributed by atoms with Gasteiger partial charge in [0, 0.05) is 6.54 Å². The molecule has 1 N–H and O–H groups in total. The third-order valence-electron chi connectivity index (χ3n) is 2.43. The van der Waals surface area contributed by atoms with Crippen molar-refractivity contribution in [3.05, 3.63) is 54.6 Å². The molecule has 0 saturated heterocycles. The van der Waals surface area contributed by atoms with Crippen LogP contribution in [0, 0.1) is 0 Å². The first kappa shape index (κ1) is 13.0. The summed E-state index contributed by atoms with van der Waals surface area (Å²) in [5, 5.41) is 9.02. The molecule has 0 aliphatic rings. The molecule has 1 amide bonds. The molecule has 0 spiro atoms. The van der Waals surface area contributed by atoms with Crippen molar-refractivity contribution in [2.24, 2.45) is 0 Å². The molecule has 3 nitrogen and oxygen atoms in total. The normalized spacial score (nSPS) is 12.3. The van der Waals surface area contributed by atoms with E-state index in [0.717, 1.165) is 5.56 Å². The molecule has 3 heteroatoms. The lowest BCUT2D eigenvalue weighted by atomic mass is 10.1. The van der Waals surface area contributed by atoms with E-state index in [1.165, 1.54) is 4.90 Å². The van der Waals surface area contributed by atoms with E-state index in [4.69, 9.17) is 5.11 Å². The van der Waals surface area contributed by atoms with Gasteiger partial charge in [0.25, 0.3) is 0 Å². The van der Waals surface area contributed by atoms with E-state index in [1.807, 2.05) is 49.4 Å². The molecule has 0 radical (unpaired) electrons. The Kier molecular flexibility index (Phi) is 5.01. The number of hydrogen-bond donors (Lipinski definition) is 1. The fourth-order valence-corrected chi connectivity index (χ4v) is 1.48. The molecule has 17 heavy (non-hydrogen) atoms. The quantitative estimate of drug-likeness (QED) is 0.790. The Bertz CT molecular complexity index is 398. The number of carbonyl (C=O) groups is 1. The van der Waals surface area contributed by atoms with Crippen LogP contribution in [0.2, 0.25) is 0 Å². The molecule has 1 aromatic rings. The fourth-order valence-electron chi connectivity index (χ4n) is 1.48. The first-order valence-corrected chi connectivity index (χ1v) is 5.49. The summed E-state index contributed by atoms with van der Waals surface area (Å²) < 4.78 is 0. The van der Waals surface area contributed by atoms with Gasteiger partial charge in [-0.2, -0.15) is 0 Å². The van der Waals surface area contributed by atoms with Crippen molar-refractivity contribution < 1.29 is 9.90 Å². The van der Waals surface area contributed by atoms with Crippen LogP contribution in [0.15, 0.2) is 49.1 Å². The van der Waals surface area contributed by atoms with Gasteiger partial charge < -0.3 is 5.11 Å². The van der Waals surface area contributed by atoms with E-state index in [9.17, 15) is 4.79 Å². The second-order valence-corrected chi connectivity index (χ2v) is 3.73. The van der Waals surface area contributed by atoms with Gasteiger partial charge >= 0.3 is 6.09 Å². The lowest BCUT2D eigenvalue weighted by Gasteiger charge is -2.22. The zero-order valence-corrected chi connectivity index (χ0v) is 9.91. The highest BCUT2D eigenvalue weighted by Gasteiger charge is 2.14. The van der Waals surface area contributed by atoms with Gasteiger partial charge in [-0.05, 0) is 12.5 Å². The Morgan fingerprint density at radius 1 is 1.47 bits per heavy atom. The van der Waals surface area contributed by atoms with Crippen molar-refractivity contribution in [3.8, 4) is 0 Å². The van der Waals surface area contributed by atoms with E-state index in [1.54, 1.807) is 6.08 Å². The monoisotopic (exact) mass is 231 g/mol. The maximum atomic E-state index is 11.0. The minimum absolute atomic E-state index is 0.175. The molecule has 0 fully saturated rings. The Morgan fingerprint density at radius 3 is 2.65 bits per heavy atom. The molecular formula is C14H17NO2. The van der Waals surface area contributed by atoms with Crippen molar-refractivity contribution in [1.29, 1.82) is 0 Å². The largest absolute Gasteiger partial charge is 0.465 e. The summed E-state index contributed by atoms with van der Waals surface area (Å²) in [7, 11) is 0. The lowest BCUT2D eigenvalue weighted by molar-refractivity contribution is 0.143. The summed E-state index contributed by atoms with van der Waals surface area (Å²) in [4.78, 5) is 12.3. The smallest absolute Gasteiger partial charge is 0.408 e. The number of benzene rings is 1. The molecule has 1 rings (SSSR count). The van der Waals surface area contributed by atoms with Crippen LogP contribution in [0.5, 0.6) is 0 Å². The summed E-state index contributed by atoms with van der Waals surface area (Å²) >= 11 is 0. The summed E-state index contributed by atoms with van der Waals surface area (Å²) in [5.41, 5.74) is 1.06. The van der Waals surface area contributed by atoms with Crippen molar-refractivity contribution in [2.45, 2.75) is 13.0 Å². The van der Waals surface area contributed by atoms with Gasteiger partial charge in [-0.25, -0.2) is 4.79 Å². The molecule has 0 heterocycles. The number of amides is 1. The zero-order valence-electron chi connectivity index (χ0n) is 9.91. The first-order valence-electron chi connectivity index (χ1n) is 5.49. The molecule has 90 valence electrons. The van der Waals surface area contributed by atoms with Crippen molar-refractivity contribution in [3.63, 3.8) is 0 Å². The number of hydrogen-bond acceptors (Lipinski definition) is 1. The van der Waals surface area contributed by atoms with Crippen LogP contribution in [0.1, 0.15) is 12.5 Å². The van der Waals surface area contributed by atoms with Gasteiger partial charge in [0.05, 0.1) is 6.04 Å². The van der Waals surface area contributed by atoms with Crippen LogP contribution in [0.4, 0.5) is 4.79 Å². The minimum Gasteiger partial charge on any atom is -0.465 e. The SMILES string of the molecule is C=CCN(C(=O)O)C(C)C=Cc1ccccc1. The Labute approximate surface area is 102 Å². The number of rotatable bonds is 5.